The Balaban J connectivity index is 2.56. The molecule has 0 bridgehead atoms. The van der Waals surface area contributed by atoms with Gasteiger partial charge in [-0.15, -0.1) is 0 Å². The first kappa shape index (κ1) is 10.6. The number of carboxylic acid groups (broad SMARTS) is 1. The van der Waals surface area contributed by atoms with Crippen molar-refractivity contribution in [1.82, 2.24) is 4.90 Å². The molecule has 1 N–H and O–H groups in total. The van der Waals surface area contributed by atoms with Crippen LogP contribution < -0.4 is 0 Å². The van der Waals surface area contributed by atoms with Crippen LogP contribution in [0.2, 0.25) is 0 Å². The van der Waals surface area contributed by atoms with Crippen molar-refractivity contribution in [2.24, 2.45) is 0 Å². The van der Waals surface area contributed by atoms with Gasteiger partial charge in [0.2, 0.25) is 0 Å². The molecule has 5 heteroatoms. The van der Waals surface area contributed by atoms with Gasteiger partial charge in [-0.25, -0.2) is 9.59 Å². The van der Waals surface area contributed by atoms with Gasteiger partial charge in [-0.3, -0.25) is 0 Å². The van der Waals surface area contributed by atoms with Crippen molar-refractivity contribution in [1.29, 1.82) is 0 Å². The highest BCUT2D eigenvalue weighted by Crippen LogP contribution is 2.10. The second-order valence-corrected chi connectivity index (χ2v) is 2.94. The average molecular weight is 199 g/mol. The Morgan fingerprint density at radius 2 is 2.36 bits per heavy atom. The first-order valence-corrected chi connectivity index (χ1v) is 4.49. The fourth-order valence-electron chi connectivity index (χ4n) is 1.27. The zero-order valence-electron chi connectivity index (χ0n) is 8.02. The average Bonchev–Trinajstić information content (AvgIpc) is 2.18. The number of amides is 1. The number of rotatable bonds is 2. The van der Waals surface area contributed by atoms with E-state index in [1.165, 1.54) is 4.90 Å². The van der Waals surface area contributed by atoms with Crippen molar-refractivity contribution in [2.75, 3.05) is 19.7 Å². The summed E-state index contributed by atoms with van der Waals surface area (Å²) in [5.41, 5.74) is 0.254. The molecular formula is C9H13NO4. The molecule has 0 fully saturated rings. The molecule has 0 aromatic heterocycles. The molecule has 0 spiro atoms. The molecule has 0 radical (unpaired) electrons. The van der Waals surface area contributed by atoms with Crippen LogP contribution in [0, 0.1) is 0 Å². The van der Waals surface area contributed by atoms with Gasteiger partial charge in [0, 0.05) is 6.54 Å². The third-order valence-electron chi connectivity index (χ3n) is 1.95. The summed E-state index contributed by atoms with van der Waals surface area (Å²) in [5.74, 6) is -0.973. The van der Waals surface area contributed by atoms with Crippen molar-refractivity contribution in [3.8, 4) is 0 Å². The summed E-state index contributed by atoms with van der Waals surface area (Å²) in [6, 6.07) is 0. The normalized spacial score (nSPS) is 16.1. The van der Waals surface area contributed by atoms with E-state index in [-0.39, 0.29) is 12.1 Å². The predicted octanol–water partition coefficient (Wildman–Crippen LogP) is 0.860. The molecule has 1 rings (SSSR count). The molecule has 0 unspecified atom stereocenters. The largest absolute Gasteiger partial charge is 0.478 e. The van der Waals surface area contributed by atoms with Crippen molar-refractivity contribution in [2.45, 2.75) is 13.3 Å². The highest BCUT2D eigenvalue weighted by molar-refractivity contribution is 5.88. The lowest BCUT2D eigenvalue weighted by atomic mass is 10.1. The second kappa shape index (κ2) is 4.64. The number of hydrogen-bond acceptors (Lipinski definition) is 3. The van der Waals surface area contributed by atoms with E-state index < -0.39 is 12.1 Å². The van der Waals surface area contributed by atoms with Crippen molar-refractivity contribution in [3.05, 3.63) is 11.6 Å². The number of carbonyl (C=O) groups is 2. The number of ether oxygens (including phenoxy) is 1. The molecule has 0 atom stereocenters. The van der Waals surface area contributed by atoms with Crippen LogP contribution in [0.25, 0.3) is 0 Å². The summed E-state index contributed by atoms with van der Waals surface area (Å²) in [5, 5.41) is 8.72. The number of aliphatic carboxylic acids is 1. The number of nitrogens with zero attached hydrogens (tertiary/aromatic N) is 1. The van der Waals surface area contributed by atoms with Gasteiger partial charge in [0.15, 0.2) is 0 Å². The van der Waals surface area contributed by atoms with Crippen LogP contribution in [0.15, 0.2) is 11.6 Å². The zero-order valence-corrected chi connectivity index (χ0v) is 8.02. The van der Waals surface area contributed by atoms with E-state index in [4.69, 9.17) is 9.84 Å². The Hall–Kier alpha value is -1.52. The maximum Gasteiger partial charge on any atom is 0.410 e. The summed E-state index contributed by atoms with van der Waals surface area (Å²) in [6.45, 7) is 2.68. The lowest BCUT2D eigenvalue weighted by molar-refractivity contribution is -0.133. The third-order valence-corrected chi connectivity index (χ3v) is 1.95. The zero-order chi connectivity index (χ0) is 10.6. The summed E-state index contributed by atoms with van der Waals surface area (Å²) >= 11 is 0. The number of carboxylic acids is 1. The molecule has 0 aliphatic carbocycles. The van der Waals surface area contributed by atoms with Crippen molar-refractivity contribution in [3.63, 3.8) is 0 Å². The first-order chi connectivity index (χ1) is 6.65. The molecule has 0 saturated heterocycles. The topological polar surface area (TPSA) is 66.8 Å². The lowest BCUT2D eigenvalue weighted by Crippen LogP contribution is -2.37. The summed E-state index contributed by atoms with van der Waals surface area (Å²) in [4.78, 5) is 23.3. The van der Waals surface area contributed by atoms with Gasteiger partial charge in [0.1, 0.15) is 0 Å². The van der Waals surface area contributed by atoms with Crippen LogP contribution in [-0.4, -0.2) is 41.8 Å². The van der Waals surface area contributed by atoms with E-state index in [0.29, 0.717) is 19.6 Å². The molecule has 1 aliphatic rings. The standard InChI is InChI=1S/C9H13NO4/c1-2-14-9(13)10-5-3-4-7(6-10)8(11)12/h4H,2-3,5-6H2,1H3,(H,11,12). The van der Waals surface area contributed by atoms with E-state index in [1.54, 1.807) is 13.0 Å². The monoisotopic (exact) mass is 199 g/mol. The van der Waals surface area contributed by atoms with Crippen LogP contribution in [0.3, 0.4) is 0 Å². The van der Waals surface area contributed by atoms with E-state index >= 15 is 0 Å². The summed E-state index contributed by atoms with van der Waals surface area (Å²) in [6.07, 6.45) is 1.76. The summed E-state index contributed by atoms with van der Waals surface area (Å²) in [7, 11) is 0. The molecule has 78 valence electrons. The van der Waals surface area contributed by atoms with Gasteiger partial charge < -0.3 is 14.7 Å². The lowest BCUT2D eigenvalue weighted by Gasteiger charge is -2.24. The molecule has 14 heavy (non-hydrogen) atoms. The fraction of sp³-hybridized carbons (Fsp3) is 0.556. The molecule has 1 heterocycles. The minimum Gasteiger partial charge on any atom is -0.478 e. The second-order valence-electron chi connectivity index (χ2n) is 2.94. The number of carbonyl (C=O) groups excluding carboxylic acids is 1. The molecule has 0 aromatic rings. The molecule has 0 saturated carbocycles. The Labute approximate surface area is 82.0 Å². The van der Waals surface area contributed by atoms with Gasteiger partial charge in [0.25, 0.3) is 0 Å². The minimum atomic E-state index is -0.973. The van der Waals surface area contributed by atoms with E-state index in [2.05, 4.69) is 0 Å². The maximum atomic E-state index is 11.2. The SMILES string of the molecule is CCOC(=O)N1CCC=C(C(=O)O)C1. The molecular weight excluding hydrogens is 186 g/mol. The summed E-state index contributed by atoms with van der Waals surface area (Å²) < 4.78 is 4.78. The quantitative estimate of drug-likeness (QED) is 0.716. The van der Waals surface area contributed by atoms with E-state index in [0.717, 1.165) is 0 Å². The van der Waals surface area contributed by atoms with Gasteiger partial charge in [-0.1, -0.05) is 6.08 Å². The smallest absolute Gasteiger partial charge is 0.410 e. The van der Waals surface area contributed by atoms with Crippen LogP contribution in [0.5, 0.6) is 0 Å². The Bertz CT molecular complexity index is 272. The molecule has 5 nitrogen and oxygen atoms in total. The van der Waals surface area contributed by atoms with E-state index in [1.807, 2.05) is 0 Å². The Morgan fingerprint density at radius 3 is 2.93 bits per heavy atom. The van der Waals surface area contributed by atoms with Crippen LogP contribution in [0.4, 0.5) is 4.79 Å². The Morgan fingerprint density at radius 1 is 1.64 bits per heavy atom. The minimum absolute atomic E-state index is 0.133. The van der Waals surface area contributed by atoms with Crippen molar-refractivity contribution >= 4 is 12.1 Å². The molecule has 1 aliphatic heterocycles. The Kier molecular flexibility index (Phi) is 3.50. The van der Waals surface area contributed by atoms with Crippen LogP contribution >= 0.6 is 0 Å². The first-order valence-electron chi connectivity index (χ1n) is 4.49. The number of hydrogen-bond donors (Lipinski definition) is 1. The van der Waals surface area contributed by atoms with Gasteiger partial charge >= 0.3 is 12.1 Å². The van der Waals surface area contributed by atoms with Crippen LogP contribution in [-0.2, 0) is 9.53 Å². The van der Waals surface area contributed by atoms with Gasteiger partial charge in [-0.05, 0) is 13.3 Å². The maximum absolute atomic E-state index is 11.2. The van der Waals surface area contributed by atoms with Gasteiger partial charge in [0.05, 0.1) is 18.7 Å². The van der Waals surface area contributed by atoms with Crippen molar-refractivity contribution < 1.29 is 19.4 Å². The molecule has 0 aromatic carbocycles. The van der Waals surface area contributed by atoms with Crippen LogP contribution in [0.1, 0.15) is 13.3 Å². The highest BCUT2D eigenvalue weighted by atomic mass is 16.6. The van der Waals surface area contributed by atoms with Gasteiger partial charge in [-0.2, -0.15) is 0 Å². The van der Waals surface area contributed by atoms with E-state index in [9.17, 15) is 9.59 Å². The predicted molar refractivity (Wildman–Crippen MR) is 48.9 cm³/mol. The highest BCUT2D eigenvalue weighted by Gasteiger charge is 2.21. The third kappa shape index (κ3) is 2.48. The fourth-order valence-corrected chi connectivity index (χ4v) is 1.27. The molecule has 1 amide bonds.